The van der Waals surface area contributed by atoms with Crippen molar-refractivity contribution in [3.8, 4) is 6.07 Å². The lowest BCUT2D eigenvalue weighted by atomic mass is 10.1. The van der Waals surface area contributed by atoms with E-state index < -0.39 is 0 Å². The quantitative estimate of drug-likeness (QED) is 0.364. The largest absolute Gasteiger partial charge is 0.375 e. The van der Waals surface area contributed by atoms with E-state index in [1.54, 1.807) is 30.8 Å². The molecule has 1 atom stereocenters. The Morgan fingerprint density at radius 3 is 2.47 bits per heavy atom. The highest BCUT2D eigenvalue weighted by atomic mass is 32.1. The molecule has 1 heterocycles. The van der Waals surface area contributed by atoms with Crippen molar-refractivity contribution >= 4 is 18.0 Å². The van der Waals surface area contributed by atoms with Gasteiger partial charge in [-0.2, -0.15) is 5.26 Å². The second kappa shape index (κ2) is 12.2. The smallest absolute Gasteiger partial charge is 0.182 e. The molecular formula is C25H29FN6OS. The van der Waals surface area contributed by atoms with Crippen LogP contribution in [0.1, 0.15) is 23.1 Å². The number of halogens is 1. The van der Waals surface area contributed by atoms with Crippen molar-refractivity contribution < 1.29 is 9.13 Å². The van der Waals surface area contributed by atoms with E-state index in [1.807, 2.05) is 30.3 Å². The van der Waals surface area contributed by atoms with Crippen molar-refractivity contribution in [2.24, 2.45) is 14.1 Å². The number of ether oxygens (including phenoxy) is 1. The Morgan fingerprint density at radius 2 is 1.79 bits per heavy atom. The van der Waals surface area contributed by atoms with Crippen LogP contribution in [0.2, 0.25) is 0 Å². The summed E-state index contributed by atoms with van der Waals surface area (Å²) in [4.78, 5) is 0. The number of nitriles is 1. The molecule has 0 aliphatic carbocycles. The van der Waals surface area contributed by atoms with Gasteiger partial charge in [-0.25, -0.2) is 4.39 Å². The molecule has 0 spiro atoms. The number of hydrogen-bond acceptors (Lipinski definition) is 6. The van der Waals surface area contributed by atoms with Gasteiger partial charge in [0, 0.05) is 33.2 Å². The zero-order valence-electron chi connectivity index (χ0n) is 19.3. The van der Waals surface area contributed by atoms with E-state index in [4.69, 9.17) is 22.4 Å². The number of aromatic nitrogens is 2. The Balaban J connectivity index is 1.65. The van der Waals surface area contributed by atoms with Crippen LogP contribution in [-0.2, 0) is 32.0 Å². The summed E-state index contributed by atoms with van der Waals surface area (Å²) in [6, 6.07) is 18.5. The number of rotatable bonds is 11. The van der Waals surface area contributed by atoms with Gasteiger partial charge in [-0.15, -0.1) is 0 Å². The monoisotopic (exact) mass is 480 g/mol. The molecule has 0 saturated carbocycles. The van der Waals surface area contributed by atoms with Crippen LogP contribution in [0.4, 0.5) is 10.2 Å². The van der Waals surface area contributed by atoms with Gasteiger partial charge in [0.1, 0.15) is 28.8 Å². The first-order valence-corrected chi connectivity index (χ1v) is 11.4. The number of hydrogen-bond donors (Lipinski definition) is 3. The third-order valence-corrected chi connectivity index (χ3v) is 6.10. The van der Waals surface area contributed by atoms with Crippen LogP contribution in [0.3, 0.4) is 0 Å². The topological polar surface area (TPSA) is 90.8 Å². The van der Waals surface area contributed by atoms with Crippen molar-refractivity contribution in [3.63, 3.8) is 0 Å². The van der Waals surface area contributed by atoms with Gasteiger partial charge in [-0.1, -0.05) is 42.5 Å². The van der Waals surface area contributed by atoms with Gasteiger partial charge in [0.15, 0.2) is 4.77 Å². The van der Waals surface area contributed by atoms with Gasteiger partial charge < -0.3 is 24.5 Å². The molecule has 2 aromatic carbocycles. The zero-order chi connectivity index (χ0) is 24.5. The molecule has 0 saturated heterocycles. The fraction of sp³-hybridized carbons (Fsp3) is 0.320. The second-order valence-corrected chi connectivity index (χ2v) is 8.37. The van der Waals surface area contributed by atoms with Crippen LogP contribution in [-0.4, -0.2) is 28.3 Å². The Hall–Kier alpha value is -3.32. The Kier molecular flexibility index (Phi) is 9.10. The molecular weight excluding hydrogens is 451 g/mol. The number of nitrogens with one attached hydrogen (secondary N) is 3. The lowest BCUT2D eigenvalue weighted by Crippen LogP contribution is -2.35. The minimum Gasteiger partial charge on any atom is -0.375 e. The third kappa shape index (κ3) is 6.60. The normalized spacial score (nSPS) is 11.7. The average molecular weight is 481 g/mol. The van der Waals surface area contributed by atoms with Gasteiger partial charge in [0.25, 0.3) is 0 Å². The minimum atomic E-state index is -0.261. The van der Waals surface area contributed by atoms with Gasteiger partial charge in [0.2, 0.25) is 0 Å². The first kappa shape index (κ1) is 25.3. The van der Waals surface area contributed by atoms with E-state index in [-0.39, 0.29) is 22.9 Å². The van der Waals surface area contributed by atoms with E-state index in [2.05, 4.69) is 16.7 Å². The fourth-order valence-electron chi connectivity index (χ4n) is 3.54. The molecule has 0 aliphatic heterocycles. The molecule has 1 unspecified atom stereocenters. The predicted molar refractivity (Wildman–Crippen MR) is 132 cm³/mol. The number of nitrogens with zero attached hydrogens (tertiary/aromatic N) is 3. The molecule has 3 rings (SSSR count). The third-order valence-electron chi connectivity index (χ3n) is 5.55. The SMILES string of the molecule is Cn1c(NCCC(COCc2ccccc2)NCc2ccc(F)cc2)c(C#N)c(=N)n(C)c1=S. The summed E-state index contributed by atoms with van der Waals surface area (Å²) in [5.41, 5.74) is 2.40. The van der Waals surface area contributed by atoms with Crippen LogP contribution in [0.5, 0.6) is 0 Å². The number of benzene rings is 2. The molecule has 0 aliphatic rings. The number of anilines is 1. The lowest BCUT2D eigenvalue weighted by molar-refractivity contribution is 0.0966. The van der Waals surface area contributed by atoms with Crippen molar-refractivity contribution in [2.45, 2.75) is 25.6 Å². The molecule has 34 heavy (non-hydrogen) atoms. The summed E-state index contributed by atoms with van der Waals surface area (Å²) >= 11 is 5.39. The molecule has 178 valence electrons. The van der Waals surface area contributed by atoms with Crippen LogP contribution in [0.25, 0.3) is 0 Å². The predicted octanol–water partition coefficient (Wildman–Crippen LogP) is 3.76. The van der Waals surface area contributed by atoms with Crippen LogP contribution >= 0.6 is 12.2 Å². The maximum atomic E-state index is 13.2. The van der Waals surface area contributed by atoms with E-state index in [1.165, 1.54) is 16.7 Å². The Morgan fingerprint density at radius 1 is 1.09 bits per heavy atom. The molecule has 0 fully saturated rings. The van der Waals surface area contributed by atoms with Gasteiger partial charge in [-0.05, 0) is 41.9 Å². The first-order valence-electron chi connectivity index (χ1n) is 11.0. The summed E-state index contributed by atoms with van der Waals surface area (Å²) in [5, 5.41) is 24.5. The summed E-state index contributed by atoms with van der Waals surface area (Å²) in [7, 11) is 3.45. The average Bonchev–Trinajstić information content (AvgIpc) is 2.85. The maximum absolute atomic E-state index is 13.2. The van der Waals surface area contributed by atoms with Crippen molar-refractivity contribution in [1.29, 1.82) is 10.7 Å². The second-order valence-electron chi connectivity index (χ2n) is 8.01. The maximum Gasteiger partial charge on any atom is 0.182 e. The highest BCUT2D eigenvalue weighted by Crippen LogP contribution is 2.12. The van der Waals surface area contributed by atoms with Crippen molar-refractivity contribution in [2.75, 3.05) is 18.5 Å². The molecule has 0 radical (unpaired) electrons. The van der Waals surface area contributed by atoms with Crippen LogP contribution in [0, 0.1) is 27.3 Å². The summed E-state index contributed by atoms with van der Waals surface area (Å²) in [6.07, 6.45) is 0.696. The van der Waals surface area contributed by atoms with Gasteiger partial charge >= 0.3 is 0 Å². The highest BCUT2D eigenvalue weighted by molar-refractivity contribution is 7.71. The zero-order valence-corrected chi connectivity index (χ0v) is 20.2. The molecule has 7 nitrogen and oxygen atoms in total. The summed E-state index contributed by atoms with van der Waals surface area (Å²) in [5.74, 6) is 0.265. The van der Waals surface area contributed by atoms with E-state index in [0.29, 0.717) is 43.3 Å². The van der Waals surface area contributed by atoms with Gasteiger partial charge in [-0.3, -0.25) is 5.41 Å². The molecule has 3 aromatic rings. The molecule has 1 aromatic heterocycles. The molecule has 0 amide bonds. The van der Waals surface area contributed by atoms with Crippen LogP contribution < -0.4 is 16.1 Å². The van der Waals surface area contributed by atoms with E-state index in [9.17, 15) is 9.65 Å². The first-order chi connectivity index (χ1) is 16.4. The van der Waals surface area contributed by atoms with Crippen molar-refractivity contribution in [3.05, 3.63) is 87.4 Å². The highest BCUT2D eigenvalue weighted by Gasteiger charge is 2.14. The van der Waals surface area contributed by atoms with Gasteiger partial charge in [0.05, 0.1) is 13.2 Å². The Bertz CT molecular complexity index is 1250. The molecule has 3 N–H and O–H groups in total. The fourth-order valence-corrected chi connectivity index (χ4v) is 3.73. The minimum absolute atomic E-state index is 0.00961. The summed E-state index contributed by atoms with van der Waals surface area (Å²) in [6.45, 7) is 2.10. The summed E-state index contributed by atoms with van der Waals surface area (Å²) < 4.78 is 22.8. The standard InChI is InChI=1S/C25H29FN6OS/c1-31-23(28)22(14-27)24(32(2)25(31)34)29-13-12-21(17-33-16-19-6-4-3-5-7-19)30-15-18-8-10-20(26)11-9-18/h3-11,21,28-30H,12-13,15-17H2,1-2H3. The van der Waals surface area contributed by atoms with Crippen molar-refractivity contribution in [1.82, 2.24) is 14.5 Å². The molecule has 0 bridgehead atoms. The van der Waals surface area contributed by atoms with E-state index >= 15 is 0 Å². The lowest BCUT2D eigenvalue weighted by Gasteiger charge is -2.21. The van der Waals surface area contributed by atoms with E-state index in [0.717, 1.165) is 11.1 Å². The Labute approximate surface area is 204 Å². The van der Waals surface area contributed by atoms with Crippen LogP contribution in [0.15, 0.2) is 54.6 Å². The molecule has 9 heteroatoms.